The van der Waals surface area contributed by atoms with E-state index in [9.17, 15) is 10.1 Å². The summed E-state index contributed by atoms with van der Waals surface area (Å²) in [6, 6.07) is 5.83. The van der Waals surface area contributed by atoms with Gasteiger partial charge in [-0.15, -0.1) is 0 Å². The van der Waals surface area contributed by atoms with Gasteiger partial charge in [-0.2, -0.15) is 10.4 Å². The molecule has 1 aliphatic heterocycles. The third kappa shape index (κ3) is 4.67. The number of amides is 2. The van der Waals surface area contributed by atoms with Crippen LogP contribution < -0.4 is 5.32 Å². The number of ether oxygens (including phenoxy) is 1. The van der Waals surface area contributed by atoms with Crippen LogP contribution in [0, 0.1) is 11.3 Å². The van der Waals surface area contributed by atoms with Gasteiger partial charge in [0.05, 0.1) is 36.1 Å². The summed E-state index contributed by atoms with van der Waals surface area (Å²) in [4.78, 5) is 31.1. The maximum Gasteiger partial charge on any atom is 0.322 e. The maximum absolute atomic E-state index is 12.6. The standard InChI is InChI=1S/C24H22IN9O2/c1-2-19-20(16(9-25)10-26)31-23(30-19)21-18-8-15(12-28-22(18)33-32-21)14-7-17(13-27-11-14)29-24(35)34-3-5-36-6-4-34/h7-9,11-13H,2-6H2,1H3,(H,29,35)(H,30,31)(H,28,32,33)/b16-9-. The van der Waals surface area contributed by atoms with Crippen molar-refractivity contribution in [2.45, 2.75) is 13.3 Å². The fraction of sp³-hybridized carbons (Fsp3) is 0.250. The molecule has 2 amide bonds. The zero-order valence-corrected chi connectivity index (χ0v) is 21.5. The van der Waals surface area contributed by atoms with Crippen molar-refractivity contribution < 1.29 is 9.53 Å². The molecule has 0 unspecified atom stereocenters. The zero-order valence-electron chi connectivity index (χ0n) is 19.4. The van der Waals surface area contributed by atoms with Gasteiger partial charge in [0.1, 0.15) is 17.5 Å². The summed E-state index contributed by atoms with van der Waals surface area (Å²) in [7, 11) is 0. The van der Waals surface area contributed by atoms with Crippen LogP contribution in [0.15, 0.2) is 34.8 Å². The van der Waals surface area contributed by atoms with E-state index in [4.69, 9.17) is 4.74 Å². The summed E-state index contributed by atoms with van der Waals surface area (Å²) in [6.07, 6.45) is 5.75. The van der Waals surface area contributed by atoms with Crippen LogP contribution in [-0.4, -0.2) is 67.4 Å². The van der Waals surface area contributed by atoms with Gasteiger partial charge in [0.15, 0.2) is 11.5 Å². The summed E-state index contributed by atoms with van der Waals surface area (Å²) < 4.78 is 7.03. The molecule has 0 radical (unpaired) electrons. The number of aromatic nitrogens is 6. The molecule has 3 N–H and O–H groups in total. The molecule has 0 bridgehead atoms. The maximum atomic E-state index is 12.6. The number of aromatic amines is 2. The van der Waals surface area contributed by atoms with E-state index >= 15 is 0 Å². The first-order chi connectivity index (χ1) is 17.6. The monoisotopic (exact) mass is 595 g/mol. The lowest BCUT2D eigenvalue weighted by Crippen LogP contribution is -2.43. The van der Waals surface area contributed by atoms with Gasteiger partial charge >= 0.3 is 6.03 Å². The summed E-state index contributed by atoms with van der Waals surface area (Å²) >= 11 is 2.05. The van der Waals surface area contributed by atoms with Crippen LogP contribution in [0.2, 0.25) is 0 Å². The van der Waals surface area contributed by atoms with Crippen LogP contribution >= 0.6 is 22.6 Å². The summed E-state index contributed by atoms with van der Waals surface area (Å²) in [5.41, 5.74) is 5.42. The normalized spacial score (nSPS) is 14.1. The highest BCUT2D eigenvalue weighted by Gasteiger charge is 2.19. The van der Waals surface area contributed by atoms with Crippen LogP contribution in [0.5, 0.6) is 0 Å². The molecule has 0 aromatic carbocycles. The number of halogens is 1. The van der Waals surface area contributed by atoms with Crippen LogP contribution in [0.25, 0.3) is 39.3 Å². The molecule has 4 aromatic rings. The lowest BCUT2D eigenvalue weighted by Gasteiger charge is -2.26. The average Bonchev–Trinajstić information content (AvgIpc) is 3.54. The second-order valence-electron chi connectivity index (χ2n) is 8.09. The number of H-pyrrole nitrogens is 2. The first-order valence-electron chi connectivity index (χ1n) is 11.3. The molecule has 5 heterocycles. The minimum Gasteiger partial charge on any atom is -0.378 e. The van der Waals surface area contributed by atoms with Crippen molar-refractivity contribution in [2.24, 2.45) is 0 Å². The number of rotatable bonds is 5. The summed E-state index contributed by atoms with van der Waals surface area (Å²) in [6.45, 7) is 4.19. The predicted octanol–water partition coefficient (Wildman–Crippen LogP) is 4.14. The van der Waals surface area contributed by atoms with Gasteiger partial charge in [0.25, 0.3) is 0 Å². The Hall–Kier alpha value is -3.83. The number of nitriles is 1. The van der Waals surface area contributed by atoms with Crippen LogP contribution in [0.4, 0.5) is 10.5 Å². The molecule has 1 saturated heterocycles. The van der Waals surface area contributed by atoms with E-state index in [1.54, 1.807) is 27.6 Å². The van der Waals surface area contributed by atoms with E-state index in [1.807, 2.05) is 41.6 Å². The van der Waals surface area contributed by atoms with E-state index in [-0.39, 0.29) is 6.03 Å². The first-order valence-corrected chi connectivity index (χ1v) is 12.6. The number of nitrogens with zero attached hydrogens (tertiary/aromatic N) is 6. The molecule has 5 rings (SSSR count). The Bertz CT molecular complexity index is 1500. The van der Waals surface area contributed by atoms with Crippen molar-refractivity contribution in [3.05, 3.63) is 46.2 Å². The number of morpholine rings is 1. The number of carbonyl (C=O) groups excluding carboxylic acids is 1. The van der Waals surface area contributed by atoms with Crippen molar-refractivity contribution in [3.8, 4) is 28.7 Å². The lowest BCUT2D eigenvalue weighted by atomic mass is 10.1. The molecule has 1 aliphatic rings. The quantitative estimate of drug-likeness (QED) is 0.232. The first kappa shape index (κ1) is 23.9. The Morgan fingerprint density at radius 2 is 2.08 bits per heavy atom. The van der Waals surface area contributed by atoms with E-state index in [1.165, 1.54) is 0 Å². The minimum absolute atomic E-state index is 0.180. The number of fused-ring (bicyclic) bond motifs is 1. The molecule has 36 heavy (non-hydrogen) atoms. The molecule has 11 nitrogen and oxygen atoms in total. The highest BCUT2D eigenvalue weighted by atomic mass is 127. The van der Waals surface area contributed by atoms with Gasteiger partial charge < -0.3 is 19.9 Å². The number of allylic oxidation sites excluding steroid dienone is 1. The van der Waals surface area contributed by atoms with Crippen LogP contribution in [0.3, 0.4) is 0 Å². The predicted molar refractivity (Wildman–Crippen MR) is 143 cm³/mol. The molecule has 4 aromatic heterocycles. The molecule has 1 fully saturated rings. The molecule has 0 aliphatic carbocycles. The fourth-order valence-electron chi connectivity index (χ4n) is 4.01. The highest BCUT2D eigenvalue weighted by Crippen LogP contribution is 2.30. The third-order valence-electron chi connectivity index (χ3n) is 5.88. The Kier molecular flexibility index (Phi) is 6.92. The van der Waals surface area contributed by atoms with E-state index < -0.39 is 0 Å². The second kappa shape index (κ2) is 10.4. The summed E-state index contributed by atoms with van der Waals surface area (Å²) in [5, 5.41) is 20.5. The number of hydrogen-bond acceptors (Lipinski definition) is 7. The Balaban J connectivity index is 1.47. The van der Waals surface area contributed by atoms with Gasteiger partial charge in [0, 0.05) is 42.3 Å². The zero-order chi connectivity index (χ0) is 25.1. The number of imidazole rings is 1. The fourth-order valence-corrected chi connectivity index (χ4v) is 4.44. The number of pyridine rings is 2. The summed E-state index contributed by atoms with van der Waals surface area (Å²) in [5.74, 6) is 0.582. The number of anilines is 1. The largest absolute Gasteiger partial charge is 0.378 e. The number of hydrogen-bond donors (Lipinski definition) is 3. The molecular weight excluding hydrogens is 573 g/mol. The Morgan fingerprint density at radius 1 is 1.28 bits per heavy atom. The number of carbonyl (C=O) groups is 1. The van der Waals surface area contributed by atoms with Crippen molar-refractivity contribution in [3.63, 3.8) is 0 Å². The number of nitrogens with one attached hydrogen (secondary N) is 3. The second-order valence-corrected chi connectivity index (χ2v) is 8.71. The average molecular weight is 595 g/mol. The van der Waals surface area contributed by atoms with Crippen molar-refractivity contribution in [1.82, 2.24) is 35.0 Å². The van der Waals surface area contributed by atoms with Gasteiger partial charge in [0.2, 0.25) is 0 Å². The molecule has 0 atom stereocenters. The van der Waals surface area contributed by atoms with E-state index in [0.717, 1.165) is 22.2 Å². The molecule has 0 spiro atoms. The van der Waals surface area contributed by atoms with Crippen molar-refractivity contribution >= 4 is 50.9 Å². The van der Waals surface area contributed by atoms with E-state index in [0.29, 0.717) is 66.8 Å². The van der Waals surface area contributed by atoms with Crippen molar-refractivity contribution in [2.75, 3.05) is 31.6 Å². The lowest BCUT2D eigenvalue weighted by molar-refractivity contribution is 0.0564. The van der Waals surface area contributed by atoms with Gasteiger partial charge in [-0.05, 0) is 22.6 Å². The topological polar surface area (TPSA) is 148 Å². The van der Waals surface area contributed by atoms with Gasteiger partial charge in [-0.1, -0.05) is 29.5 Å². The van der Waals surface area contributed by atoms with Gasteiger partial charge in [-0.3, -0.25) is 10.1 Å². The molecule has 182 valence electrons. The number of urea groups is 1. The third-order valence-corrected chi connectivity index (χ3v) is 6.51. The van der Waals surface area contributed by atoms with E-state index in [2.05, 4.69) is 41.5 Å². The number of aryl methyl sites for hydroxylation is 1. The van der Waals surface area contributed by atoms with Crippen LogP contribution in [-0.2, 0) is 11.2 Å². The van der Waals surface area contributed by atoms with Crippen molar-refractivity contribution in [1.29, 1.82) is 5.26 Å². The smallest absolute Gasteiger partial charge is 0.322 e. The Morgan fingerprint density at radius 3 is 2.83 bits per heavy atom. The Labute approximate surface area is 220 Å². The minimum atomic E-state index is -0.180. The molecular formula is C24H22IN9O2. The molecule has 0 saturated carbocycles. The SMILES string of the molecule is CCc1[nH]c(-c2[nH]nc3ncc(-c4cncc(NC(=O)N5CCOCC5)c4)cc23)nc1/C(C#N)=C\I. The van der Waals surface area contributed by atoms with Crippen LogP contribution in [0.1, 0.15) is 18.3 Å². The highest BCUT2D eigenvalue weighted by molar-refractivity contribution is 14.1. The van der Waals surface area contributed by atoms with Gasteiger partial charge in [-0.25, -0.2) is 14.8 Å². The molecule has 12 heteroatoms.